The van der Waals surface area contributed by atoms with Crippen LogP contribution >= 0.6 is 0 Å². The molecule has 0 bridgehead atoms. The van der Waals surface area contributed by atoms with Gasteiger partial charge in [0.2, 0.25) is 0 Å². The van der Waals surface area contributed by atoms with Crippen LogP contribution in [0.4, 0.5) is 0 Å². The van der Waals surface area contributed by atoms with Gasteiger partial charge in [-0.25, -0.2) is 0 Å². The Morgan fingerprint density at radius 2 is 0.875 bits per heavy atom. The molecular formula is C45H40Cl2Hf. The summed E-state index contributed by atoms with van der Waals surface area (Å²) in [5, 5.41) is 5.37. The molecule has 0 N–H and O–H groups in total. The first-order chi connectivity index (χ1) is 22.7. The largest absolute Gasteiger partial charge is 1.00 e. The molecule has 1 aliphatic heterocycles. The minimum absolute atomic E-state index is 0. The molecule has 0 radical (unpaired) electrons. The summed E-state index contributed by atoms with van der Waals surface area (Å²) in [6, 6.07) is 46.0. The molecule has 6 aromatic rings. The standard InChI is InChI=1S/2C21H17.C3H6.2ClH.Hf/c2*1-2-15-13-17-9-6-12-20(21(17)14-15)19-11-5-8-16-7-3-4-10-18(16)19;1-3-2;;;/h2*3-14H,2H2,1H3;1-3H2;2*1H;/q;;;;;+2/p-2. The molecule has 238 valence electrons. The van der Waals surface area contributed by atoms with Gasteiger partial charge < -0.3 is 24.8 Å². The molecule has 0 spiro atoms. The first-order valence-corrected chi connectivity index (χ1v) is 26.6. The van der Waals surface area contributed by atoms with Crippen molar-refractivity contribution in [2.24, 2.45) is 0 Å². The van der Waals surface area contributed by atoms with Crippen molar-refractivity contribution in [1.29, 1.82) is 0 Å². The summed E-state index contributed by atoms with van der Waals surface area (Å²) in [7, 11) is 0. The van der Waals surface area contributed by atoms with E-state index in [0.717, 1.165) is 12.8 Å². The van der Waals surface area contributed by atoms with Crippen LogP contribution in [0.1, 0.15) is 62.7 Å². The van der Waals surface area contributed by atoms with E-state index < -0.39 is 20.0 Å². The van der Waals surface area contributed by atoms with Crippen molar-refractivity contribution in [1.82, 2.24) is 0 Å². The number of benzene rings is 6. The van der Waals surface area contributed by atoms with Crippen molar-refractivity contribution in [2.75, 3.05) is 0 Å². The third-order valence-corrected chi connectivity index (χ3v) is 34.1. The number of hydrogen-bond donors (Lipinski definition) is 0. The second-order valence-electron chi connectivity index (χ2n) is 13.8. The van der Waals surface area contributed by atoms with E-state index in [2.05, 4.69) is 147 Å². The maximum absolute atomic E-state index is 3.06. The fourth-order valence-electron chi connectivity index (χ4n) is 9.62. The molecule has 1 fully saturated rings. The SMILES string of the molecule is CCC1=Cc2c(-c3cccc4ccccc34)cccc2[CH]1[Hf+2]1([CH]2C(CC)=Cc3c(-c4cccc5ccccc45)cccc32)[CH2]C[CH2]1.[Cl-].[Cl-]. The van der Waals surface area contributed by atoms with Crippen molar-refractivity contribution >= 4 is 33.7 Å². The summed E-state index contributed by atoms with van der Waals surface area (Å²) < 4.78 is 4.35. The molecule has 3 heteroatoms. The van der Waals surface area contributed by atoms with Crippen molar-refractivity contribution in [3.05, 3.63) is 155 Å². The van der Waals surface area contributed by atoms with Crippen LogP contribution < -0.4 is 24.8 Å². The third kappa shape index (κ3) is 4.95. The predicted molar refractivity (Wildman–Crippen MR) is 195 cm³/mol. The van der Waals surface area contributed by atoms with Gasteiger partial charge in [-0.2, -0.15) is 0 Å². The van der Waals surface area contributed by atoms with Gasteiger partial charge in [0.15, 0.2) is 0 Å². The van der Waals surface area contributed by atoms with Gasteiger partial charge in [0.1, 0.15) is 0 Å². The molecule has 0 nitrogen and oxygen atoms in total. The Labute approximate surface area is 302 Å². The van der Waals surface area contributed by atoms with Gasteiger partial charge in [0.05, 0.1) is 0 Å². The normalized spacial score (nSPS) is 18.0. The van der Waals surface area contributed by atoms with E-state index in [9.17, 15) is 0 Å². The fourth-order valence-corrected chi connectivity index (χ4v) is 32.8. The Morgan fingerprint density at radius 1 is 0.479 bits per heavy atom. The van der Waals surface area contributed by atoms with Gasteiger partial charge in [-0.15, -0.1) is 0 Å². The molecule has 1 saturated heterocycles. The molecule has 3 aliphatic rings. The van der Waals surface area contributed by atoms with Crippen molar-refractivity contribution < 1.29 is 44.8 Å². The van der Waals surface area contributed by atoms with Crippen molar-refractivity contribution in [3.63, 3.8) is 0 Å². The van der Waals surface area contributed by atoms with Crippen LogP contribution in [-0.4, -0.2) is 0 Å². The van der Waals surface area contributed by atoms with Crippen LogP contribution in [0.2, 0.25) is 8.35 Å². The van der Waals surface area contributed by atoms with E-state index >= 15 is 0 Å². The van der Waals surface area contributed by atoms with Gasteiger partial charge in [-0.1, -0.05) is 0 Å². The maximum Gasteiger partial charge on any atom is -1.00 e. The van der Waals surface area contributed by atoms with Gasteiger partial charge in [-0.3, -0.25) is 0 Å². The second-order valence-corrected chi connectivity index (χ2v) is 30.4. The number of rotatable bonds is 6. The van der Waals surface area contributed by atoms with Crippen LogP contribution in [0.5, 0.6) is 0 Å². The average molecular weight is 830 g/mol. The van der Waals surface area contributed by atoms with E-state index in [1.807, 2.05) is 0 Å². The zero-order valence-electron chi connectivity index (χ0n) is 27.6. The van der Waals surface area contributed by atoms with Crippen LogP contribution in [0.15, 0.2) is 132 Å². The molecule has 1 heterocycles. The van der Waals surface area contributed by atoms with Gasteiger partial charge in [0.25, 0.3) is 0 Å². The van der Waals surface area contributed by atoms with Crippen LogP contribution in [0.3, 0.4) is 0 Å². The number of allylic oxidation sites excluding steroid dienone is 2. The van der Waals surface area contributed by atoms with E-state index in [1.165, 1.54) is 69.7 Å². The Kier molecular flexibility index (Phi) is 9.18. The Morgan fingerprint density at radius 3 is 1.29 bits per heavy atom. The number of halogens is 2. The summed E-state index contributed by atoms with van der Waals surface area (Å²) in [4.78, 5) is 0. The Bertz CT molecular complexity index is 2070. The topological polar surface area (TPSA) is 0 Å². The Hall–Kier alpha value is -3.23. The predicted octanol–water partition coefficient (Wildman–Crippen LogP) is 7.13. The zero-order valence-corrected chi connectivity index (χ0v) is 32.8. The minimum Gasteiger partial charge on any atom is -1.00 e. The quantitative estimate of drug-likeness (QED) is 0.157. The average Bonchev–Trinajstić information content (AvgIpc) is 3.67. The first-order valence-electron chi connectivity index (χ1n) is 17.3. The summed E-state index contributed by atoms with van der Waals surface area (Å²) in [6.45, 7) is 4.83. The molecule has 2 unspecified atom stereocenters. The second kappa shape index (κ2) is 13.2. The summed E-state index contributed by atoms with van der Waals surface area (Å²) in [6.07, 6.45) is 9.01. The van der Waals surface area contributed by atoms with E-state index in [0.29, 0.717) is 7.35 Å². The number of hydrogen-bond acceptors (Lipinski definition) is 0. The molecule has 0 saturated carbocycles. The molecule has 0 amide bonds. The monoisotopic (exact) mass is 830 g/mol. The van der Waals surface area contributed by atoms with Crippen molar-refractivity contribution in [2.45, 2.75) is 48.8 Å². The minimum atomic E-state index is -3.06. The van der Waals surface area contributed by atoms with E-state index in [-0.39, 0.29) is 24.8 Å². The fraction of sp³-hybridized carbons (Fsp3) is 0.200. The molecule has 2 atom stereocenters. The van der Waals surface area contributed by atoms with Gasteiger partial charge >= 0.3 is 279 Å². The molecule has 2 aliphatic carbocycles. The van der Waals surface area contributed by atoms with Gasteiger partial charge in [-0.05, 0) is 0 Å². The third-order valence-electron chi connectivity index (χ3n) is 11.7. The smallest absolute Gasteiger partial charge is 1.00 e. The summed E-state index contributed by atoms with van der Waals surface area (Å²) >= 11 is -3.06. The van der Waals surface area contributed by atoms with E-state index in [1.54, 1.807) is 22.3 Å². The summed E-state index contributed by atoms with van der Waals surface area (Å²) in [5.74, 6) is 0. The van der Waals surface area contributed by atoms with Gasteiger partial charge in [0, 0.05) is 0 Å². The Balaban J connectivity index is 0.00000182. The van der Waals surface area contributed by atoms with Crippen LogP contribution in [0.25, 0.3) is 56.0 Å². The molecule has 9 rings (SSSR count). The molecule has 6 aromatic carbocycles. The molecular weight excluding hydrogens is 790 g/mol. The molecule has 48 heavy (non-hydrogen) atoms. The molecule has 0 aromatic heterocycles. The van der Waals surface area contributed by atoms with Crippen LogP contribution in [0, 0.1) is 0 Å². The van der Waals surface area contributed by atoms with Crippen molar-refractivity contribution in [3.8, 4) is 22.3 Å². The van der Waals surface area contributed by atoms with Crippen LogP contribution in [-0.2, 0) is 20.0 Å². The maximum atomic E-state index is 2.65. The summed E-state index contributed by atoms with van der Waals surface area (Å²) in [5.41, 5.74) is 15.4. The van der Waals surface area contributed by atoms with E-state index in [4.69, 9.17) is 0 Å². The first kappa shape index (κ1) is 33.3. The number of fused-ring (bicyclic) bond motifs is 4. The zero-order chi connectivity index (χ0) is 30.8.